The van der Waals surface area contributed by atoms with E-state index in [4.69, 9.17) is 9.47 Å². The summed E-state index contributed by atoms with van der Waals surface area (Å²) in [6.07, 6.45) is 0.712. The zero-order valence-electron chi connectivity index (χ0n) is 12.2. The summed E-state index contributed by atoms with van der Waals surface area (Å²) in [5, 5.41) is 2.81. The summed E-state index contributed by atoms with van der Waals surface area (Å²) in [6.45, 7) is 4.94. The van der Waals surface area contributed by atoms with Crippen molar-refractivity contribution >= 4 is 11.8 Å². The molecule has 0 aliphatic carbocycles. The molecule has 0 spiro atoms. The summed E-state index contributed by atoms with van der Waals surface area (Å²) < 4.78 is 10.3. The maximum atomic E-state index is 12.5. The lowest BCUT2D eigenvalue weighted by Crippen LogP contribution is -2.55. The highest BCUT2D eigenvalue weighted by molar-refractivity contribution is 5.93. The number of rotatable bonds is 6. The van der Waals surface area contributed by atoms with E-state index in [1.165, 1.54) is 0 Å². The molecule has 1 rings (SSSR count). The average molecular weight is 272 g/mol. The number of hydrogen-bond acceptors (Lipinski definition) is 4. The van der Waals surface area contributed by atoms with Gasteiger partial charge in [-0.05, 0) is 13.3 Å². The molecule has 0 aromatic carbocycles. The largest absolute Gasteiger partial charge is 0.382 e. The summed E-state index contributed by atoms with van der Waals surface area (Å²) in [7, 11) is 3.19. The Hall–Kier alpha value is -1.14. The van der Waals surface area contributed by atoms with Crippen molar-refractivity contribution < 1.29 is 19.1 Å². The number of hydrogen-bond donors (Lipinski definition) is 1. The second-order valence-electron chi connectivity index (χ2n) is 5.05. The number of nitrogens with zero attached hydrogens (tertiary/aromatic N) is 1. The molecule has 1 fully saturated rings. The van der Waals surface area contributed by atoms with Crippen molar-refractivity contribution in [2.24, 2.45) is 0 Å². The molecule has 6 heteroatoms. The minimum absolute atomic E-state index is 0.0565. The Morgan fingerprint density at radius 1 is 1.42 bits per heavy atom. The van der Waals surface area contributed by atoms with E-state index >= 15 is 0 Å². The molecule has 1 heterocycles. The van der Waals surface area contributed by atoms with Crippen LogP contribution >= 0.6 is 0 Å². The average Bonchev–Trinajstić information content (AvgIpc) is 2.50. The monoisotopic (exact) mass is 272 g/mol. The van der Waals surface area contributed by atoms with Crippen LogP contribution in [0.4, 0.5) is 0 Å². The summed E-state index contributed by atoms with van der Waals surface area (Å²) in [5.41, 5.74) is -0.820. The Morgan fingerprint density at radius 3 is 2.63 bits per heavy atom. The van der Waals surface area contributed by atoms with E-state index in [-0.39, 0.29) is 17.9 Å². The van der Waals surface area contributed by atoms with Crippen LogP contribution in [0.3, 0.4) is 0 Å². The number of amides is 2. The first-order valence-corrected chi connectivity index (χ1v) is 6.59. The van der Waals surface area contributed by atoms with Gasteiger partial charge in [-0.1, -0.05) is 6.92 Å². The van der Waals surface area contributed by atoms with Crippen LogP contribution in [0.15, 0.2) is 0 Å². The molecule has 110 valence electrons. The first kappa shape index (κ1) is 15.9. The van der Waals surface area contributed by atoms with E-state index in [0.717, 1.165) is 0 Å². The first-order valence-electron chi connectivity index (χ1n) is 6.59. The van der Waals surface area contributed by atoms with Crippen molar-refractivity contribution in [3.05, 3.63) is 0 Å². The lowest BCUT2D eigenvalue weighted by Gasteiger charge is -2.32. The van der Waals surface area contributed by atoms with Gasteiger partial charge in [0.15, 0.2) is 0 Å². The summed E-state index contributed by atoms with van der Waals surface area (Å²) >= 11 is 0. The molecule has 1 aliphatic rings. The molecule has 0 bridgehead atoms. The molecule has 2 atom stereocenters. The van der Waals surface area contributed by atoms with Crippen LogP contribution in [0.1, 0.15) is 26.7 Å². The third-order valence-corrected chi connectivity index (χ3v) is 3.60. The van der Waals surface area contributed by atoms with Crippen molar-refractivity contribution in [1.82, 2.24) is 10.2 Å². The van der Waals surface area contributed by atoms with E-state index in [1.54, 1.807) is 26.0 Å². The molecule has 1 aliphatic heterocycles. The molecule has 2 unspecified atom stereocenters. The number of carbonyl (C=O) groups excluding carboxylic acids is 2. The molecule has 2 amide bonds. The van der Waals surface area contributed by atoms with Crippen molar-refractivity contribution in [2.45, 2.75) is 38.3 Å². The SMILES string of the molecule is CCC1(C)NC(=O)CCN(CC(COC)OC)C1=O. The standard InChI is InChI=1S/C13H24N2O4/c1-5-13(2)12(17)15(7-6-11(16)14-13)8-10(19-4)9-18-3/h10H,5-9H2,1-4H3,(H,14,16). The van der Waals surface area contributed by atoms with Gasteiger partial charge >= 0.3 is 0 Å². The highest BCUT2D eigenvalue weighted by Gasteiger charge is 2.39. The van der Waals surface area contributed by atoms with Gasteiger partial charge < -0.3 is 19.7 Å². The van der Waals surface area contributed by atoms with Gasteiger partial charge in [-0.25, -0.2) is 0 Å². The molecule has 1 saturated heterocycles. The highest BCUT2D eigenvalue weighted by atomic mass is 16.5. The molecule has 0 aromatic heterocycles. The van der Waals surface area contributed by atoms with Crippen molar-refractivity contribution in [2.75, 3.05) is 33.9 Å². The van der Waals surface area contributed by atoms with E-state index in [1.807, 2.05) is 6.92 Å². The van der Waals surface area contributed by atoms with E-state index in [0.29, 0.717) is 32.5 Å². The van der Waals surface area contributed by atoms with Crippen molar-refractivity contribution in [1.29, 1.82) is 0 Å². The number of nitrogens with one attached hydrogen (secondary N) is 1. The lowest BCUT2D eigenvalue weighted by atomic mass is 9.97. The Bertz CT molecular complexity index is 335. The van der Waals surface area contributed by atoms with Crippen LogP contribution in [0.25, 0.3) is 0 Å². The Morgan fingerprint density at radius 2 is 2.11 bits per heavy atom. The van der Waals surface area contributed by atoms with Crippen LogP contribution < -0.4 is 5.32 Å². The summed E-state index contributed by atoms with van der Waals surface area (Å²) in [6, 6.07) is 0. The topological polar surface area (TPSA) is 67.9 Å². The fraction of sp³-hybridized carbons (Fsp3) is 0.846. The summed E-state index contributed by atoms with van der Waals surface area (Å²) in [4.78, 5) is 25.9. The molecule has 19 heavy (non-hydrogen) atoms. The third-order valence-electron chi connectivity index (χ3n) is 3.60. The minimum Gasteiger partial charge on any atom is -0.382 e. The smallest absolute Gasteiger partial charge is 0.248 e. The van der Waals surface area contributed by atoms with Gasteiger partial charge in [-0.15, -0.1) is 0 Å². The predicted octanol–water partition coefficient (Wildman–Crippen LogP) is 0.165. The van der Waals surface area contributed by atoms with Gasteiger partial charge in [0.1, 0.15) is 5.54 Å². The van der Waals surface area contributed by atoms with Crippen LogP contribution in [-0.4, -0.2) is 62.3 Å². The van der Waals surface area contributed by atoms with Gasteiger partial charge in [0, 0.05) is 33.7 Å². The molecular formula is C13H24N2O4. The zero-order chi connectivity index (χ0) is 14.5. The van der Waals surface area contributed by atoms with Gasteiger partial charge in [-0.3, -0.25) is 9.59 Å². The van der Waals surface area contributed by atoms with Gasteiger partial charge in [0.2, 0.25) is 11.8 Å². The fourth-order valence-corrected chi connectivity index (χ4v) is 2.15. The summed E-state index contributed by atoms with van der Waals surface area (Å²) in [5.74, 6) is -0.139. The van der Waals surface area contributed by atoms with Crippen molar-refractivity contribution in [3.8, 4) is 0 Å². The maximum Gasteiger partial charge on any atom is 0.248 e. The molecule has 0 saturated carbocycles. The van der Waals surface area contributed by atoms with E-state index < -0.39 is 5.54 Å². The van der Waals surface area contributed by atoms with E-state index in [2.05, 4.69) is 5.32 Å². The third kappa shape index (κ3) is 3.91. The van der Waals surface area contributed by atoms with Crippen LogP contribution in [0.2, 0.25) is 0 Å². The predicted molar refractivity (Wildman–Crippen MR) is 70.7 cm³/mol. The number of ether oxygens (including phenoxy) is 2. The number of methoxy groups -OCH3 is 2. The second-order valence-corrected chi connectivity index (χ2v) is 5.05. The fourth-order valence-electron chi connectivity index (χ4n) is 2.15. The normalized spacial score (nSPS) is 26.0. The minimum atomic E-state index is -0.820. The van der Waals surface area contributed by atoms with Crippen LogP contribution in [-0.2, 0) is 19.1 Å². The van der Waals surface area contributed by atoms with Gasteiger partial charge in [-0.2, -0.15) is 0 Å². The second kappa shape index (κ2) is 6.86. The van der Waals surface area contributed by atoms with Gasteiger partial charge in [0.25, 0.3) is 0 Å². The lowest BCUT2D eigenvalue weighted by molar-refractivity contribution is -0.140. The van der Waals surface area contributed by atoms with Crippen LogP contribution in [0, 0.1) is 0 Å². The molecule has 1 N–H and O–H groups in total. The molecule has 6 nitrogen and oxygen atoms in total. The van der Waals surface area contributed by atoms with Crippen molar-refractivity contribution in [3.63, 3.8) is 0 Å². The quantitative estimate of drug-likeness (QED) is 0.748. The van der Waals surface area contributed by atoms with E-state index in [9.17, 15) is 9.59 Å². The molecule has 0 radical (unpaired) electrons. The highest BCUT2D eigenvalue weighted by Crippen LogP contribution is 2.18. The Kier molecular flexibility index (Phi) is 5.75. The van der Waals surface area contributed by atoms with Crippen LogP contribution in [0.5, 0.6) is 0 Å². The zero-order valence-corrected chi connectivity index (χ0v) is 12.2. The Labute approximate surface area is 114 Å². The Balaban J connectivity index is 2.81. The first-order chi connectivity index (χ1) is 8.96. The number of carbonyl (C=O) groups is 2. The maximum absolute atomic E-state index is 12.5. The molecule has 0 aromatic rings. The van der Waals surface area contributed by atoms with Gasteiger partial charge in [0.05, 0.1) is 12.7 Å². The molecular weight excluding hydrogens is 248 g/mol.